The van der Waals surface area contributed by atoms with E-state index in [-0.39, 0.29) is 11.6 Å². The second-order valence-corrected chi connectivity index (χ2v) is 4.55. The van der Waals surface area contributed by atoms with Crippen LogP contribution < -0.4 is 10.6 Å². The molecule has 6 nitrogen and oxygen atoms in total. The first-order valence-corrected chi connectivity index (χ1v) is 6.47. The number of furan rings is 1. The van der Waals surface area contributed by atoms with E-state index in [0.717, 1.165) is 11.3 Å². The third kappa shape index (κ3) is 4.10. The van der Waals surface area contributed by atoms with Crippen LogP contribution in [-0.4, -0.2) is 23.7 Å². The number of nitrogens with one attached hydrogen (secondary N) is 2. The Hall–Kier alpha value is -2.76. The molecule has 6 heteroatoms. The van der Waals surface area contributed by atoms with Gasteiger partial charge < -0.3 is 20.2 Å². The van der Waals surface area contributed by atoms with E-state index in [1.54, 1.807) is 25.3 Å². The van der Waals surface area contributed by atoms with Gasteiger partial charge in [-0.3, -0.25) is 0 Å². The number of carboxylic acid groups (broad SMARTS) is 1. The second kappa shape index (κ2) is 6.60. The van der Waals surface area contributed by atoms with Crippen LogP contribution in [0.5, 0.6) is 0 Å². The molecule has 1 heterocycles. The van der Waals surface area contributed by atoms with Gasteiger partial charge in [0.2, 0.25) is 0 Å². The summed E-state index contributed by atoms with van der Waals surface area (Å²) in [6, 6.07) is 7.83. The molecule has 0 aliphatic heterocycles. The van der Waals surface area contributed by atoms with E-state index >= 15 is 0 Å². The maximum atomic E-state index is 11.8. The summed E-state index contributed by atoms with van der Waals surface area (Å²) in [6.07, 6.45) is 2.17. The summed E-state index contributed by atoms with van der Waals surface area (Å²) >= 11 is 0. The number of carboxylic acids is 1. The molecule has 3 N–H and O–H groups in total. The quantitative estimate of drug-likeness (QED) is 0.788. The third-order valence-corrected chi connectivity index (χ3v) is 2.97. The standard InChI is InChI=1S/C15H16N2O4/c1-10-4-5-11(14(18)19)9-13(10)17-15(20)16-7-6-12-3-2-8-21-12/h2-5,8-9H,6-7H2,1H3,(H,18,19)(H2,16,17,20). The van der Waals surface area contributed by atoms with Gasteiger partial charge in [0.05, 0.1) is 11.8 Å². The minimum absolute atomic E-state index is 0.131. The molecule has 0 spiro atoms. The van der Waals surface area contributed by atoms with E-state index in [4.69, 9.17) is 9.52 Å². The molecule has 0 radical (unpaired) electrons. The van der Waals surface area contributed by atoms with Crippen LogP contribution in [0.3, 0.4) is 0 Å². The van der Waals surface area contributed by atoms with Crippen molar-refractivity contribution in [3.63, 3.8) is 0 Å². The number of carbonyl (C=O) groups excluding carboxylic acids is 1. The molecule has 1 aromatic carbocycles. The van der Waals surface area contributed by atoms with Crippen molar-refractivity contribution in [3.05, 3.63) is 53.5 Å². The number of aryl methyl sites for hydroxylation is 1. The van der Waals surface area contributed by atoms with E-state index in [1.807, 2.05) is 6.07 Å². The summed E-state index contributed by atoms with van der Waals surface area (Å²) in [5, 5.41) is 14.3. The normalized spacial score (nSPS) is 10.1. The van der Waals surface area contributed by atoms with Crippen molar-refractivity contribution in [2.24, 2.45) is 0 Å². The number of benzene rings is 1. The van der Waals surface area contributed by atoms with E-state index in [1.165, 1.54) is 12.1 Å². The van der Waals surface area contributed by atoms with Crippen molar-refractivity contribution in [3.8, 4) is 0 Å². The van der Waals surface area contributed by atoms with Crippen LogP contribution in [0.25, 0.3) is 0 Å². The lowest BCUT2D eigenvalue weighted by Crippen LogP contribution is -2.30. The van der Waals surface area contributed by atoms with Gasteiger partial charge in [0, 0.05) is 18.7 Å². The van der Waals surface area contributed by atoms with E-state index in [0.29, 0.717) is 18.7 Å². The molecule has 0 bridgehead atoms. The van der Waals surface area contributed by atoms with E-state index in [9.17, 15) is 9.59 Å². The minimum atomic E-state index is -1.03. The zero-order chi connectivity index (χ0) is 15.2. The number of aromatic carboxylic acids is 1. The molecule has 0 saturated carbocycles. The zero-order valence-electron chi connectivity index (χ0n) is 11.6. The first-order valence-electron chi connectivity index (χ1n) is 6.47. The highest BCUT2D eigenvalue weighted by Crippen LogP contribution is 2.16. The fourth-order valence-corrected chi connectivity index (χ4v) is 1.81. The fourth-order valence-electron chi connectivity index (χ4n) is 1.81. The highest BCUT2D eigenvalue weighted by molar-refractivity contribution is 5.93. The van der Waals surface area contributed by atoms with Crippen LogP contribution in [0.1, 0.15) is 21.7 Å². The number of urea groups is 1. The maximum absolute atomic E-state index is 11.8. The smallest absolute Gasteiger partial charge is 0.335 e. The fraction of sp³-hybridized carbons (Fsp3) is 0.200. The van der Waals surface area contributed by atoms with Crippen LogP contribution in [0.15, 0.2) is 41.0 Å². The Labute approximate surface area is 121 Å². The first-order chi connectivity index (χ1) is 10.1. The molecule has 0 unspecified atom stereocenters. The zero-order valence-corrected chi connectivity index (χ0v) is 11.6. The predicted octanol–water partition coefficient (Wildman–Crippen LogP) is 2.65. The molecule has 0 saturated heterocycles. The van der Waals surface area contributed by atoms with Crippen molar-refractivity contribution >= 4 is 17.7 Å². The molecular formula is C15H16N2O4. The Balaban J connectivity index is 1.90. The van der Waals surface area contributed by atoms with Crippen LogP contribution in [0.4, 0.5) is 10.5 Å². The topological polar surface area (TPSA) is 91.6 Å². The van der Waals surface area contributed by atoms with Crippen LogP contribution in [-0.2, 0) is 6.42 Å². The van der Waals surface area contributed by atoms with Crippen molar-refractivity contribution in [1.82, 2.24) is 5.32 Å². The summed E-state index contributed by atoms with van der Waals surface area (Å²) in [7, 11) is 0. The highest BCUT2D eigenvalue weighted by Gasteiger charge is 2.08. The SMILES string of the molecule is Cc1ccc(C(=O)O)cc1NC(=O)NCCc1ccco1. The van der Waals surface area contributed by atoms with Gasteiger partial charge in [0.15, 0.2) is 0 Å². The van der Waals surface area contributed by atoms with Crippen LogP contribution >= 0.6 is 0 Å². The summed E-state index contributed by atoms with van der Waals surface area (Å²) in [6.45, 7) is 2.22. The van der Waals surface area contributed by atoms with Crippen molar-refractivity contribution in [1.29, 1.82) is 0 Å². The lowest BCUT2D eigenvalue weighted by molar-refractivity contribution is 0.0697. The van der Waals surface area contributed by atoms with Gasteiger partial charge in [0.25, 0.3) is 0 Å². The predicted molar refractivity (Wildman–Crippen MR) is 77.6 cm³/mol. The van der Waals surface area contributed by atoms with Gasteiger partial charge >= 0.3 is 12.0 Å². The maximum Gasteiger partial charge on any atom is 0.335 e. The number of hydrogen-bond donors (Lipinski definition) is 3. The number of hydrogen-bond acceptors (Lipinski definition) is 3. The molecule has 1 aromatic heterocycles. The molecular weight excluding hydrogens is 272 g/mol. The van der Waals surface area contributed by atoms with Gasteiger partial charge in [-0.1, -0.05) is 6.07 Å². The number of rotatable bonds is 5. The molecule has 0 atom stereocenters. The molecule has 21 heavy (non-hydrogen) atoms. The molecule has 0 fully saturated rings. The van der Waals surface area contributed by atoms with Gasteiger partial charge in [0.1, 0.15) is 5.76 Å². The van der Waals surface area contributed by atoms with Crippen LogP contribution in [0.2, 0.25) is 0 Å². The summed E-state index contributed by atoms with van der Waals surface area (Å²) in [5.41, 5.74) is 1.40. The Morgan fingerprint density at radius 1 is 1.29 bits per heavy atom. The van der Waals surface area contributed by atoms with E-state index in [2.05, 4.69) is 10.6 Å². The highest BCUT2D eigenvalue weighted by atomic mass is 16.4. The monoisotopic (exact) mass is 288 g/mol. The Kier molecular flexibility index (Phi) is 4.61. The van der Waals surface area contributed by atoms with Crippen molar-refractivity contribution in [2.45, 2.75) is 13.3 Å². The van der Waals surface area contributed by atoms with Crippen molar-refractivity contribution in [2.75, 3.05) is 11.9 Å². The van der Waals surface area contributed by atoms with Gasteiger partial charge in [-0.25, -0.2) is 9.59 Å². The Morgan fingerprint density at radius 3 is 2.76 bits per heavy atom. The molecule has 2 amide bonds. The Morgan fingerprint density at radius 2 is 2.10 bits per heavy atom. The largest absolute Gasteiger partial charge is 0.478 e. The minimum Gasteiger partial charge on any atom is -0.478 e. The summed E-state index contributed by atoms with van der Waals surface area (Å²) in [4.78, 5) is 22.7. The van der Waals surface area contributed by atoms with Crippen LogP contribution in [0, 0.1) is 6.92 Å². The van der Waals surface area contributed by atoms with Gasteiger partial charge in [-0.15, -0.1) is 0 Å². The molecule has 0 aliphatic carbocycles. The molecule has 0 aliphatic rings. The summed E-state index contributed by atoms with van der Waals surface area (Å²) in [5.74, 6) is -0.240. The number of anilines is 1. The lowest BCUT2D eigenvalue weighted by Gasteiger charge is -2.10. The number of carbonyl (C=O) groups is 2. The van der Waals surface area contributed by atoms with Gasteiger partial charge in [-0.05, 0) is 36.8 Å². The number of amides is 2. The molecule has 2 aromatic rings. The second-order valence-electron chi connectivity index (χ2n) is 4.55. The molecule has 2 rings (SSSR count). The average molecular weight is 288 g/mol. The van der Waals surface area contributed by atoms with Gasteiger partial charge in [-0.2, -0.15) is 0 Å². The first kappa shape index (κ1) is 14.6. The molecule has 110 valence electrons. The average Bonchev–Trinajstić information content (AvgIpc) is 2.94. The van der Waals surface area contributed by atoms with Crippen molar-refractivity contribution < 1.29 is 19.1 Å². The lowest BCUT2D eigenvalue weighted by atomic mass is 10.1. The Bertz CT molecular complexity index is 635. The third-order valence-electron chi connectivity index (χ3n) is 2.97. The van der Waals surface area contributed by atoms with E-state index < -0.39 is 5.97 Å². The summed E-state index contributed by atoms with van der Waals surface area (Å²) < 4.78 is 5.16.